The molecule has 1 saturated carbocycles. The number of hydrogen-bond acceptors (Lipinski definition) is 4. The van der Waals surface area contributed by atoms with Crippen molar-refractivity contribution < 1.29 is 4.79 Å². The van der Waals surface area contributed by atoms with Crippen LogP contribution in [-0.2, 0) is 12.8 Å². The van der Waals surface area contributed by atoms with Gasteiger partial charge in [-0.1, -0.05) is 0 Å². The third-order valence-electron chi connectivity index (χ3n) is 4.74. The zero-order valence-electron chi connectivity index (χ0n) is 13.3. The Hall–Kier alpha value is -2.24. The van der Waals surface area contributed by atoms with E-state index in [0.717, 1.165) is 55.5 Å². The Morgan fingerprint density at radius 2 is 2.17 bits per heavy atom. The smallest absolute Gasteiger partial charge is 0.272 e. The van der Waals surface area contributed by atoms with E-state index in [2.05, 4.69) is 25.5 Å². The Morgan fingerprint density at radius 1 is 1.35 bits per heavy atom. The number of carbonyl (C=O) groups is 1. The molecule has 2 aliphatic rings. The first-order valence-corrected chi connectivity index (χ1v) is 8.39. The van der Waals surface area contributed by atoms with Crippen molar-refractivity contribution in [3.8, 4) is 0 Å². The first kappa shape index (κ1) is 14.4. The van der Waals surface area contributed by atoms with Crippen molar-refractivity contribution in [2.45, 2.75) is 51.5 Å². The van der Waals surface area contributed by atoms with Crippen LogP contribution in [0, 0.1) is 12.8 Å². The van der Waals surface area contributed by atoms with Crippen molar-refractivity contribution in [2.75, 3.05) is 0 Å². The molecule has 1 amide bonds. The van der Waals surface area contributed by atoms with E-state index in [0.29, 0.717) is 17.4 Å². The van der Waals surface area contributed by atoms with Crippen molar-refractivity contribution >= 4 is 5.91 Å². The number of carbonyl (C=O) groups excluding carboxylic acids is 1. The summed E-state index contributed by atoms with van der Waals surface area (Å²) >= 11 is 0. The fourth-order valence-electron chi connectivity index (χ4n) is 3.32. The van der Waals surface area contributed by atoms with E-state index in [4.69, 9.17) is 0 Å². The van der Waals surface area contributed by atoms with Crippen LogP contribution in [0.5, 0.6) is 0 Å². The van der Waals surface area contributed by atoms with Crippen LogP contribution >= 0.6 is 0 Å². The predicted molar refractivity (Wildman–Crippen MR) is 84.9 cm³/mol. The summed E-state index contributed by atoms with van der Waals surface area (Å²) in [7, 11) is 0. The molecule has 2 aromatic heterocycles. The first-order valence-electron chi connectivity index (χ1n) is 8.39. The second-order valence-electron chi connectivity index (χ2n) is 6.58. The zero-order chi connectivity index (χ0) is 15.8. The second-order valence-corrected chi connectivity index (χ2v) is 6.58. The molecule has 6 nitrogen and oxygen atoms in total. The molecule has 2 aliphatic carbocycles. The lowest BCUT2D eigenvalue weighted by Gasteiger charge is -2.17. The third kappa shape index (κ3) is 2.85. The SMILES string of the molecule is Cc1ccnc(C(NC(=O)c2n[nH]c3c2CCCC3)C2CC2)n1. The molecular formula is C17H21N5O. The summed E-state index contributed by atoms with van der Waals surface area (Å²) in [5.74, 6) is 1.05. The number of fused-ring (bicyclic) bond motifs is 1. The molecule has 1 unspecified atom stereocenters. The molecule has 23 heavy (non-hydrogen) atoms. The standard InChI is InChI=1S/C17H21N5O/c1-10-8-9-18-16(19-10)14(11-6-7-11)20-17(23)15-12-4-2-3-5-13(12)21-22-15/h8-9,11,14H,2-7H2,1H3,(H,20,23)(H,21,22). The fourth-order valence-corrected chi connectivity index (χ4v) is 3.32. The summed E-state index contributed by atoms with van der Waals surface area (Å²) in [5, 5.41) is 10.4. The summed E-state index contributed by atoms with van der Waals surface area (Å²) in [4.78, 5) is 21.6. The van der Waals surface area contributed by atoms with Gasteiger partial charge < -0.3 is 5.32 Å². The van der Waals surface area contributed by atoms with E-state index in [1.54, 1.807) is 6.20 Å². The molecule has 2 N–H and O–H groups in total. The molecule has 6 heteroatoms. The van der Waals surface area contributed by atoms with Gasteiger partial charge in [0.2, 0.25) is 0 Å². The van der Waals surface area contributed by atoms with E-state index >= 15 is 0 Å². The largest absolute Gasteiger partial charge is 0.340 e. The molecule has 0 aliphatic heterocycles. The first-order chi connectivity index (χ1) is 11.2. The van der Waals surface area contributed by atoms with Gasteiger partial charge in [-0.3, -0.25) is 9.89 Å². The van der Waals surface area contributed by atoms with Gasteiger partial charge in [0, 0.05) is 23.1 Å². The highest BCUT2D eigenvalue weighted by molar-refractivity contribution is 5.94. The number of hydrogen-bond donors (Lipinski definition) is 2. The van der Waals surface area contributed by atoms with E-state index in [9.17, 15) is 4.79 Å². The minimum atomic E-state index is -0.113. The normalized spacial score (nSPS) is 18.3. The van der Waals surface area contributed by atoms with Crippen molar-refractivity contribution in [1.29, 1.82) is 0 Å². The molecule has 0 radical (unpaired) electrons. The van der Waals surface area contributed by atoms with Gasteiger partial charge in [0.05, 0.1) is 6.04 Å². The Labute approximate surface area is 135 Å². The molecule has 0 aromatic carbocycles. The van der Waals surface area contributed by atoms with Crippen LogP contribution in [0.15, 0.2) is 12.3 Å². The van der Waals surface area contributed by atoms with Gasteiger partial charge in [-0.05, 0) is 57.4 Å². The molecule has 1 fully saturated rings. The molecular weight excluding hydrogens is 290 g/mol. The van der Waals surface area contributed by atoms with E-state index in [1.807, 2.05) is 13.0 Å². The Bertz CT molecular complexity index is 734. The number of aromatic nitrogens is 4. The lowest BCUT2D eigenvalue weighted by Crippen LogP contribution is -2.32. The van der Waals surface area contributed by atoms with Gasteiger partial charge >= 0.3 is 0 Å². The van der Waals surface area contributed by atoms with Gasteiger partial charge in [0.1, 0.15) is 0 Å². The van der Waals surface area contributed by atoms with Gasteiger partial charge in [-0.25, -0.2) is 9.97 Å². The highest BCUT2D eigenvalue weighted by atomic mass is 16.2. The maximum Gasteiger partial charge on any atom is 0.272 e. The second kappa shape index (κ2) is 5.76. The summed E-state index contributed by atoms with van der Waals surface area (Å²) < 4.78 is 0. The topological polar surface area (TPSA) is 83.6 Å². The van der Waals surface area contributed by atoms with Crippen LogP contribution in [-0.4, -0.2) is 26.1 Å². The van der Waals surface area contributed by atoms with Crippen LogP contribution in [0.4, 0.5) is 0 Å². The van der Waals surface area contributed by atoms with E-state index < -0.39 is 0 Å². The maximum atomic E-state index is 12.7. The van der Waals surface area contributed by atoms with E-state index in [1.165, 1.54) is 0 Å². The van der Waals surface area contributed by atoms with Crippen molar-refractivity contribution in [3.63, 3.8) is 0 Å². The highest BCUT2D eigenvalue weighted by Gasteiger charge is 2.36. The number of nitrogens with zero attached hydrogens (tertiary/aromatic N) is 3. The average Bonchev–Trinajstić information content (AvgIpc) is 3.30. The number of rotatable bonds is 4. The summed E-state index contributed by atoms with van der Waals surface area (Å²) in [5.41, 5.74) is 3.69. The molecule has 120 valence electrons. The van der Waals surface area contributed by atoms with Crippen molar-refractivity contribution in [1.82, 2.24) is 25.5 Å². The number of amides is 1. The quantitative estimate of drug-likeness (QED) is 0.907. The number of nitrogens with one attached hydrogen (secondary N) is 2. The van der Waals surface area contributed by atoms with Crippen LogP contribution in [0.1, 0.15) is 65.0 Å². The minimum absolute atomic E-state index is 0.105. The van der Waals surface area contributed by atoms with Crippen LogP contribution < -0.4 is 5.32 Å². The lowest BCUT2D eigenvalue weighted by molar-refractivity contribution is 0.0923. The average molecular weight is 311 g/mol. The zero-order valence-corrected chi connectivity index (χ0v) is 13.3. The fraction of sp³-hybridized carbons (Fsp3) is 0.529. The molecule has 4 rings (SSSR count). The monoisotopic (exact) mass is 311 g/mol. The number of H-pyrrole nitrogens is 1. The Morgan fingerprint density at radius 3 is 2.96 bits per heavy atom. The van der Waals surface area contributed by atoms with Crippen LogP contribution in [0.3, 0.4) is 0 Å². The Kier molecular flexibility index (Phi) is 3.59. The van der Waals surface area contributed by atoms with Gasteiger partial charge in [0.25, 0.3) is 5.91 Å². The summed E-state index contributed by atoms with van der Waals surface area (Å²) in [6.45, 7) is 1.95. The molecule has 2 heterocycles. The molecule has 1 atom stereocenters. The van der Waals surface area contributed by atoms with Gasteiger partial charge in [-0.2, -0.15) is 5.10 Å². The maximum absolute atomic E-state index is 12.7. The predicted octanol–water partition coefficient (Wildman–Crippen LogP) is 2.27. The van der Waals surface area contributed by atoms with E-state index in [-0.39, 0.29) is 11.9 Å². The summed E-state index contributed by atoms with van der Waals surface area (Å²) in [6.07, 6.45) is 8.20. The molecule has 0 bridgehead atoms. The molecule has 2 aromatic rings. The van der Waals surface area contributed by atoms with Crippen molar-refractivity contribution in [3.05, 3.63) is 40.7 Å². The van der Waals surface area contributed by atoms with Crippen molar-refractivity contribution in [2.24, 2.45) is 5.92 Å². The minimum Gasteiger partial charge on any atom is -0.340 e. The third-order valence-corrected chi connectivity index (χ3v) is 4.74. The number of aryl methyl sites for hydroxylation is 2. The molecule has 0 spiro atoms. The number of aromatic amines is 1. The highest BCUT2D eigenvalue weighted by Crippen LogP contribution is 2.40. The Balaban J connectivity index is 1.57. The van der Waals surface area contributed by atoms with Gasteiger partial charge in [-0.15, -0.1) is 0 Å². The molecule has 0 saturated heterocycles. The van der Waals surface area contributed by atoms with Crippen LogP contribution in [0.2, 0.25) is 0 Å². The lowest BCUT2D eigenvalue weighted by atomic mass is 9.95. The van der Waals surface area contributed by atoms with Crippen LogP contribution in [0.25, 0.3) is 0 Å². The summed E-state index contributed by atoms with van der Waals surface area (Å²) in [6, 6.07) is 1.76. The van der Waals surface area contributed by atoms with Gasteiger partial charge in [0.15, 0.2) is 11.5 Å².